The monoisotopic (exact) mass is 443 g/mol. The second kappa shape index (κ2) is 9.26. The molecule has 13 heteroatoms. The van der Waals surface area contributed by atoms with Crippen molar-refractivity contribution in [1.29, 1.82) is 0 Å². The van der Waals surface area contributed by atoms with Gasteiger partial charge in [-0.3, -0.25) is 10.1 Å². The van der Waals surface area contributed by atoms with Gasteiger partial charge in [0.2, 0.25) is 3.79 Å². The Balaban J connectivity index is 2.96. The Labute approximate surface area is 170 Å². The molecule has 26 heavy (non-hydrogen) atoms. The van der Waals surface area contributed by atoms with Gasteiger partial charge in [0.15, 0.2) is 11.3 Å². The molecule has 3 N–H and O–H groups in total. The van der Waals surface area contributed by atoms with E-state index in [4.69, 9.17) is 51.8 Å². The summed E-state index contributed by atoms with van der Waals surface area (Å²) in [7, 11) is 4.41. The first-order valence-corrected chi connectivity index (χ1v) is 8.44. The minimum Gasteiger partial charge on any atom is -0.495 e. The molecular weight excluding hydrogens is 429 g/mol. The smallest absolute Gasteiger partial charge is 0.318 e. The van der Waals surface area contributed by atoms with E-state index in [1.54, 1.807) is 0 Å². The quantitative estimate of drug-likeness (QED) is 0.211. The topological polar surface area (TPSA) is 109 Å². The van der Waals surface area contributed by atoms with Crippen molar-refractivity contribution < 1.29 is 14.5 Å². The minimum absolute atomic E-state index is 0.0563. The van der Waals surface area contributed by atoms with Crippen LogP contribution in [0.15, 0.2) is 18.2 Å². The lowest BCUT2D eigenvalue weighted by atomic mass is 10.2. The van der Waals surface area contributed by atoms with Crippen LogP contribution in [0.5, 0.6) is 5.75 Å². The molecule has 0 bridgehead atoms. The number of ether oxygens (including phenoxy) is 1. The number of rotatable bonds is 5. The first-order valence-electron chi connectivity index (χ1n) is 6.90. The van der Waals surface area contributed by atoms with Gasteiger partial charge in [-0.2, -0.15) is 0 Å². The third-order valence-corrected chi connectivity index (χ3v) is 3.79. The Kier molecular flexibility index (Phi) is 7.94. The van der Waals surface area contributed by atoms with Crippen molar-refractivity contribution in [2.24, 2.45) is 0 Å². The van der Waals surface area contributed by atoms with Crippen LogP contribution in [0.4, 0.5) is 16.2 Å². The Morgan fingerprint density at radius 2 is 1.96 bits per heavy atom. The molecular formula is C13H16Cl3N5O4S. The molecule has 0 unspecified atom stereocenters. The third-order valence-electron chi connectivity index (χ3n) is 2.92. The summed E-state index contributed by atoms with van der Waals surface area (Å²) in [5.41, 5.74) is 0.0520. The Morgan fingerprint density at radius 3 is 2.42 bits per heavy atom. The lowest BCUT2D eigenvalue weighted by Gasteiger charge is -2.29. The molecule has 0 saturated carbocycles. The second-order valence-electron chi connectivity index (χ2n) is 5.06. The number of carbonyl (C=O) groups excluding carboxylic acids is 1. The van der Waals surface area contributed by atoms with Crippen LogP contribution in [0.1, 0.15) is 0 Å². The van der Waals surface area contributed by atoms with Gasteiger partial charge in [0.25, 0.3) is 5.69 Å². The van der Waals surface area contributed by atoms with Gasteiger partial charge in [-0.15, -0.1) is 0 Å². The Morgan fingerprint density at radius 1 is 1.35 bits per heavy atom. The number of nitro benzene ring substituents is 1. The number of halogens is 3. The van der Waals surface area contributed by atoms with Gasteiger partial charge >= 0.3 is 6.03 Å². The zero-order valence-corrected chi connectivity index (χ0v) is 17.0. The van der Waals surface area contributed by atoms with Crippen LogP contribution in [0.25, 0.3) is 0 Å². The van der Waals surface area contributed by atoms with Crippen molar-refractivity contribution in [2.75, 3.05) is 26.5 Å². The van der Waals surface area contributed by atoms with E-state index in [0.29, 0.717) is 5.75 Å². The number of nitrogens with one attached hydrogen (secondary N) is 3. The van der Waals surface area contributed by atoms with E-state index in [0.717, 1.165) is 0 Å². The molecule has 0 fully saturated rings. The van der Waals surface area contributed by atoms with Crippen LogP contribution in [-0.4, -0.2) is 52.1 Å². The van der Waals surface area contributed by atoms with E-state index in [9.17, 15) is 14.9 Å². The average molecular weight is 445 g/mol. The predicted octanol–water partition coefficient (Wildman–Crippen LogP) is 2.86. The van der Waals surface area contributed by atoms with E-state index in [-0.39, 0.29) is 16.5 Å². The number of benzene rings is 1. The van der Waals surface area contributed by atoms with Crippen molar-refractivity contribution in [1.82, 2.24) is 15.5 Å². The largest absolute Gasteiger partial charge is 0.495 e. The fourth-order valence-corrected chi connectivity index (χ4v) is 2.20. The maximum atomic E-state index is 11.8. The van der Waals surface area contributed by atoms with E-state index in [1.165, 1.54) is 44.3 Å². The Hall–Kier alpha value is -1.75. The number of urea groups is 1. The lowest BCUT2D eigenvalue weighted by Crippen LogP contribution is -2.57. The first-order chi connectivity index (χ1) is 12.0. The van der Waals surface area contributed by atoms with Crippen LogP contribution >= 0.6 is 47.0 Å². The number of non-ortho nitro benzene ring substituents is 1. The van der Waals surface area contributed by atoms with Gasteiger partial charge in [0, 0.05) is 26.2 Å². The molecule has 1 rings (SSSR count). The summed E-state index contributed by atoms with van der Waals surface area (Å²) in [6.07, 6.45) is -1.17. The Bertz CT molecular complexity index is 699. The standard InChI is InChI=1S/C13H16Cl3N5O4S/c1-20(2)12(22)19-10(13(14,15)16)18-11(26)17-8-6-7(21(23)24)4-5-9(8)25-3/h4-6,10H,1-3H3,(H,19,22)(H2,17,18,26)/t10-/m1/s1. The summed E-state index contributed by atoms with van der Waals surface area (Å²) in [5.74, 6) is 0.308. The van der Waals surface area contributed by atoms with Crippen molar-refractivity contribution in [2.45, 2.75) is 9.96 Å². The molecule has 0 radical (unpaired) electrons. The maximum absolute atomic E-state index is 11.8. The highest BCUT2D eigenvalue weighted by molar-refractivity contribution is 7.80. The summed E-state index contributed by atoms with van der Waals surface area (Å²) in [5, 5.41) is 18.6. The number of hydrogen-bond donors (Lipinski definition) is 3. The number of hydrogen-bond acceptors (Lipinski definition) is 5. The number of alkyl halides is 3. The summed E-state index contributed by atoms with van der Waals surface area (Å²) in [4.78, 5) is 23.4. The van der Waals surface area contributed by atoms with E-state index in [1.807, 2.05) is 0 Å². The van der Waals surface area contributed by atoms with Gasteiger partial charge in [0.1, 0.15) is 5.75 Å². The molecule has 0 aliphatic carbocycles. The fraction of sp³-hybridized carbons (Fsp3) is 0.385. The van der Waals surface area contributed by atoms with Crippen LogP contribution < -0.4 is 20.7 Å². The predicted molar refractivity (Wildman–Crippen MR) is 105 cm³/mol. The first kappa shape index (κ1) is 22.3. The molecule has 2 amide bonds. The van der Waals surface area contributed by atoms with E-state index >= 15 is 0 Å². The van der Waals surface area contributed by atoms with Gasteiger partial charge in [-0.25, -0.2) is 4.79 Å². The van der Waals surface area contributed by atoms with E-state index in [2.05, 4.69) is 16.0 Å². The number of anilines is 1. The average Bonchev–Trinajstić information content (AvgIpc) is 2.52. The number of thiocarbonyl (C=S) groups is 1. The molecule has 1 aromatic rings. The molecule has 0 spiro atoms. The number of nitro groups is 1. The van der Waals surface area contributed by atoms with Crippen molar-refractivity contribution in [3.63, 3.8) is 0 Å². The summed E-state index contributed by atoms with van der Waals surface area (Å²) >= 11 is 22.7. The molecule has 0 aliphatic rings. The third kappa shape index (κ3) is 6.52. The molecule has 0 aromatic heterocycles. The van der Waals surface area contributed by atoms with Crippen LogP contribution in [0.3, 0.4) is 0 Å². The van der Waals surface area contributed by atoms with Crippen LogP contribution in [0, 0.1) is 10.1 Å². The molecule has 1 aromatic carbocycles. The highest BCUT2D eigenvalue weighted by Gasteiger charge is 2.35. The van der Waals surface area contributed by atoms with Crippen LogP contribution in [0.2, 0.25) is 0 Å². The number of nitrogens with zero attached hydrogens (tertiary/aromatic N) is 2. The van der Waals surface area contributed by atoms with Crippen molar-refractivity contribution >= 4 is 69.5 Å². The highest BCUT2D eigenvalue weighted by Crippen LogP contribution is 2.31. The van der Waals surface area contributed by atoms with Crippen molar-refractivity contribution in [3.8, 4) is 5.75 Å². The second-order valence-corrected chi connectivity index (χ2v) is 7.84. The van der Waals surface area contributed by atoms with Gasteiger partial charge in [-0.05, 0) is 18.3 Å². The molecule has 0 heterocycles. The highest BCUT2D eigenvalue weighted by atomic mass is 35.6. The summed E-state index contributed by atoms with van der Waals surface area (Å²) in [6, 6.07) is 3.39. The number of amides is 2. The molecule has 0 saturated heterocycles. The normalized spacial score (nSPS) is 11.9. The zero-order valence-electron chi connectivity index (χ0n) is 13.9. The fourth-order valence-electron chi connectivity index (χ4n) is 1.65. The molecule has 9 nitrogen and oxygen atoms in total. The van der Waals surface area contributed by atoms with Gasteiger partial charge in [-0.1, -0.05) is 34.8 Å². The number of methoxy groups -OCH3 is 1. The van der Waals surface area contributed by atoms with Gasteiger partial charge < -0.3 is 25.6 Å². The summed E-state index contributed by atoms with van der Waals surface area (Å²) < 4.78 is 3.20. The van der Waals surface area contributed by atoms with Crippen LogP contribution in [-0.2, 0) is 0 Å². The summed E-state index contributed by atoms with van der Waals surface area (Å²) in [6.45, 7) is 0. The zero-order chi connectivity index (χ0) is 20.1. The molecule has 144 valence electrons. The molecule has 1 atom stereocenters. The number of carbonyl (C=O) groups is 1. The minimum atomic E-state index is -1.93. The van der Waals surface area contributed by atoms with E-state index < -0.39 is 20.9 Å². The lowest BCUT2D eigenvalue weighted by molar-refractivity contribution is -0.384. The SMILES string of the molecule is COc1ccc([N+](=O)[O-])cc1NC(=S)N[C@H](NC(=O)N(C)C)C(Cl)(Cl)Cl. The maximum Gasteiger partial charge on any atom is 0.318 e. The van der Waals surface area contributed by atoms with Crippen molar-refractivity contribution in [3.05, 3.63) is 28.3 Å². The molecule has 0 aliphatic heterocycles. The van der Waals surface area contributed by atoms with Gasteiger partial charge in [0.05, 0.1) is 17.7 Å².